The summed E-state index contributed by atoms with van der Waals surface area (Å²) in [5, 5.41) is 8.23. The first kappa shape index (κ1) is 17.0. The van der Waals surface area contributed by atoms with Gasteiger partial charge in [0, 0.05) is 38.3 Å². The summed E-state index contributed by atoms with van der Waals surface area (Å²) in [4.78, 5) is 2.60. The van der Waals surface area contributed by atoms with Gasteiger partial charge in [-0.15, -0.1) is 0 Å². The van der Waals surface area contributed by atoms with Gasteiger partial charge in [-0.05, 0) is 49.0 Å². The van der Waals surface area contributed by atoms with Crippen LogP contribution in [0, 0.1) is 12.8 Å². The Morgan fingerprint density at radius 3 is 2.62 bits per heavy atom. The van der Waals surface area contributed by atoms with Crippen molar-refractivity contribution in [3.8, 4) is 0 Å². The molecule has 0 spiro atoms. The highest BCUT2D eigenvalue weighted by molar-refractivity contribution is 9.10. The lowest BCUT2D eigenvalue weighted by molar-refractivity contribution is 0.0512. The molecule has 1 unspecified atom stereocenters. The first-order valence-corrected chi connectivity index (χ1v) is 8.66. The van der Waals surface area contributed by atoms with E-state index in [4.69, 9.17) is 0 Å². The molecule has 0 bridgehead atoms. The molecule has 1 saturated heterocycles. The Balaban J connectivity index is 2.14. The number of halogens is 1. The Labute approximate surface area is 137 Å². The van der Waals surface area contributed by atoms with Crippen LogP contribution in [-0.2, 0) is 13.6 Å². The minimum absolute atomic E-state index is 0.172. The standard InChI is InChI=1S/C16H29BrN4/c1-11(2)7-13-8-21(16(4,5)10-18-13)9-14-15(17)12(3)19-20(14)6/h11,13,18H,7-10H2,1-6H3. The predicted molar refractivity (Wildman–Crippen MR) is 91.4 cm³/mol. The fraction of sp³-hybridized carbons (Fsp3) is 0.812. The molecular weight excluding hydrogens is 328 g/mol. The highest BCUT2D eigenvalue weighted by Gasteiger charge is 2.34. The van der Waals surface area contributed by atoms with E-state index in [1.54, 1.807) is 0 Å². The van der Waals surface area contributed by atoms with Crippen molar-refractivity contribution < 1.29 is 0 Å². The normalized spacial score (nSPS) is 23.0. The van der Waals surface area contributed by atoms with Crippen LogP contribution in [0.25, 0.3) is 0 Å². The summed E-state index contributed by atoms with van der Waals surface area (Å²) in [5.41, 5.74) is 2.51. The van der Waals surface area contributed by atoms with Crippen LogP contribution >= 0.6 is 15.9 Å². The second-order valence-electron chi connectivity index (χ2n) is 7.37. The van der Waals surface area contributed by atoms with Crippen molar-refractivity contribution >= 4 is 15.9 Å². The summed E-state index contributed by atoms with van der Waals surface area (Å²) in [6.07, 6.45) is 1.23. The minimum Gasteiger partial charge on any atom is -0.311 e. The van der Waals surface area contributed by atoms with Gasteiger partial charge in [0.25, 0.3) is 0 Å². The summed E-state index contributed by atoms with van der Waals surface area (Å²) in [6.45, 7) is 14.4. The third-order valence-electron chi connectivity index (χ3n) is 4.48. The van der Waals surface area contributed by atoms with Gasteiger partial charge < -0.3 is 5.32 Å². The van der Waals surface area contributed by atoms with Crippen molar-refractivity contribution in [2.45, 2.75) is 59.2 Å². The molecule has 0 saturated carbocycles. The Hall–Kier alpha value is -0.390. The van der Waals surface area contributed by atoms with E-state index in [1.807, 2.05) is 11.7 Å². The summed E-state index contributed by atoms with van der Waals surface area (Å²) < 4.78 is 3.16. The van der Waals surface area contributed by atoms with E-state index in [0.29, 0.717) is 6.04 Å². The van der Waals surface area contributed by atoms with E-state index >= 15 is 0 Å². The van der Waals surface area contributed by atoms with Crippen molar-refractivity contribution in [2.24, 2.45) is 13.0 Å². The largest absolute Gasteiger partial charge is 0.311 e. The van der Waals surface area contributed by atoms with Gasteiger partial charge in [0.15, 0.2) is 0 Å². The maximum Gasteiger partial charge on any atom is 0.0739 e. The number of nitrogens with zero attached hydrogens (tertiary/aromatic N) is 3. The van der Waals surface area contributed by atoms with E-state index in [-0.39, 0.29) is 5.54 Å². The van der Waals surface area contributed by atoms with E-state index in [2.05, 4.69) is 65.9 Å². The van der Waals surface area contributed by atoms with Crippen LogP contribution in [0.3, 0.4) is 0 Å². The molecule has 0 amide bonds. The second-order valence-corrected chi connectivity index (χ2v) is 8.16. The number of hydrogen-bond acceptors (Lipinski definition) is 3. The third kappa shape index (κ3) is 3.88. The zero-order chi connectivity index (χ0) is 15.8. The summed E-state index contributed by atoms with van der Waals surface area (Å²) >= 11 is 3.70. The molecule has 1 aromatic heterocycles. The number of rotatable bonds is 4. The minimum atomic E-state index is 0.172. The number of aryl methyl sites for hydroxylation is 2. The fourth-order valence-electron chi connectivity index (χ4n) is 3.12. The Kier molecular flexibility index (Phi) is 5.16. The van der Waals surface area contributed by atoms with Crippen LogP contribution in [0.15, 0.2) is 4.47 Å². The zero-order valence-corrected chi connectivity index (χ0v) is 15.8. The topological polar surface area (TPSA) is 33.1 Å². The molecule has 1 fully saturated rings. The highest BCUT2D eigenvalue weighted by Crippen LogP contribution is 2.27. The van der Waals surface area contributed by atoms with Gasteiger partial charge in [-0.25, -0.2) is 0 Å². The summed E-state index contributed by atoms with van der Waals surface area (Å²) in [7, 11) is 2.04. The molecule has 0 aliphatic carbocycles. The molecule has 2 heterocycles. The average molecular weight is 357 g/mol. The molecule has 1 aliphatic rings. The average Bonchev–Trinajstić information content (AvgIpc) is 2.59. The monoisotopic (exact) mass is 356 g/mol. The van der Waals surface area contributed by atoms with Crippen molar-refractivity contribution in [3.05, 3.63) is 15.9 Å². The molecule has 2 rings (SSSR count). The lowest BCUT2D eigenvalue weighted by Gasteiger charge is -2.46. The molecule has 1 N–H and O–H groups in total. The number of nitrogens with one attached hydrogen (secondary N) is 1. The van der Waals surface area contributed by atoms with Crippen molar-refractivity contribution in [2.75, 3.05) is 13.1 Å². The second kappa shape index (κ2) is 6.39. The third-order valence-corrected chi connectivity index (χ3v) is 5.51. The summed E-state index contributed by atoms with van der Waals surface area (Å²) in [5.74, 6) is 0.733. The number of aromatic nitrogens is 2. The molecule has 21 heavy (non-hydrogen) atoms. The quantitative estimate of drug-likeness (QED) is 0.899. The van der Waals surface area contributed by atoms with Crippen LogP contribution in [-0.4, -0.2) is 39.4 Å². The summed E-state index contributed by atoms with van der Waals surface area (Å²) in [6, 6.07) is 0.589. The first-order valence-electron chi connectivity index (χ1n) is 7.87. The van der Waals surface area contributed by atoms with Gasteiger partial charge >= 0.3 is 0 Å². The molecular formula is C16H29BrN4. The van der Waals surface area contributed by atoms with Gasteiger partial charge in [-0.1, -0.05) is 13.8 Å². The Morgan fingerprint density at radius 1 is 1.43 bits per heavy atom. The molecule has 1 aromatic rings. The van der Waals surface area contributed by atoms with Crippen molar-refractivity contribution in [3.63, 3.8) is 0 Å². The molecule has 0 radical (unpaired) electrons. The molecule has 0 aromatic carbocycles. The Bertz CT molecular complexity index is 493. The van der Waals surface area contributed by atoms with Crippen LogP contribution in [0.1, 0.15) is 45.5 Å². The van der Waals surface area contributed by atoms with E-state index in [9.17, 15) is 0 Å². The molecule has 5 heteroatoms. The first-order chi connectivity index (χ1) is 9.70. The van der Waals surface area contributed by atoms with Crippen molar-refractivity contribution in [1.29, 1.82) is 0 Å². The van der Waals surface area contributed by atoms with E-state index in [0.717, 1.165) is 35.7 Å². The van der Waals surface area contributed by atoms with E-state index in [1.165, 1.54) is 12.1 Å². The van der Waals surface area contributed by atoms with Gasteiger partial charge in [-0.3, -0.25) is 9.58 Å². The smallest absolute Gasteiger partial charge is 0.0739 e. The number of hydrogen-bond donors (Lipinski definition) is 1. The lowest BCUT2D eigenvalue weighted by Crippen LogP contribution is -2.61. The SMILES string of the molecule is Cc1nn(C)c(CN2CC(CC(C)C)NCC2(C)C)c1Br. The zero-order valence-electron chi connectivity index (χ0n) is 14.2. The van der Waals surface area contributed by atoms with Crippen LogP contribution in [0.4, 0.5) is 0 Å². The molecule has 1 atom stereocenters. The van der Waals surface area contributed by atoms with Gasteiger partial charge in [-0.2, -0.15) is 5.10 Å². The molecule has 4 nitrogen and oxygen atoms in total. The van der Waals surface area contributed by atoms with Crippen LogP contribution in [0.5, 0.6) is 0 Å². The van der Waals surface area contributed by atoms with Crippen LogP contribution < -0.4 is 5.32 Å². The van der Waals surface area contributed by atoms with Gasteiger partial charge in [0.2, 0.25) is 0 Å². The lowest BCUT2D eigenvalue weighted by atomic mass is 9.93. The Morgan fingerprint density at radius 2 is 2.10 bits per heavy atom. The van der Waals surface area contributed by atoms with Crippen molar-refractivity contribution in [1.82, 2.24) is 20.0 Å². The van der Waals surface area contributed by atoms with Crippen LogP contribution in [0.2, 0.25) is 0 Å². The van der Waals surface area contributed by atoms with Gasteiger partial charge in [0.1, 0.15) is 0 Å². The predicted octanol–water partition coefficient (Wildman–Crippen LogP) is 3.09. The fourth-order valence-corrected chi connectivity index (χ4v) is 3.58. The molecule has 120 valence electrons. The molecule has 1 aliphatic heterocycles. The maximum absolute atomic E-state index is 4.52. The maximum atomic E-state index is 4.52. The number of piperazine rings is 1. The van der Waals surface area contributed by atoms with E-state index < -0.39 is 0 Å². The van der Waals surface area contributed by atoms with Gasteiger partial charge in [0.05, 0.1) is 15.9 Å². The highest BCUT2D eigenvalue weighted by atomic mass is 79.9.